The number of nitrogens with one attached hydrogen (secondary N) is 1. The molecule has 22 heavy (non-hydrogen) atoms. The Morgan fingerprint density at radius 2 is 1.64 bits per heavy atom. The van der Waals surface area contributed by atoms with Gasteiger partial charge in [0.05, 0.1) is 0 Å². The number of benzene rings is 2. The van der Waals surface area contributed by atoms with Gasteiger partial charge in [-0.15, -0.1) is 10.2 Å². The van der Waals surface area contributed by atoms with E-state index in [9.17, 15) is 0 Å². The van der Waals surface area contributed by atoms with Crippen LogP contribution in [-0.2, 0) is 12.2 Å². The minimum absolute atomic E-state index is 0.185. The quantitative estimate of drug-likeness (QED) is 0.662. The average Bonchev–Trinajstić information content (AvgIpc) is 2.56. The van der Waals surface area contributed by atoms with Gasteiger partial charge < -0.3 is 16.8 Å². The van der Waals surface area contributed by atoms with E-state index in [1.54, 1.807) is 0 Å². The molecule has 6 nitrogen and oxygen atoms in total. The van der Waals surface area contributed by atoms with Crippen molar-refractivity contribution in [3.8, 4) is 0 Å². The molecule has 0 bridgehead atoms. The Balaban J connectivity index is 2.09. The number of hydrogen-bond donors (Lipinski definition) is 4. The molecule has 0 radical (unpaired) electrons. The lowest BCUT2D eigenvalue weighted by Crippen LogP contribution is -2.62. The van der Waals surface area contributed by atoms with E-state index in [1.807, 2.05) is 54.6 Å². The van der Waals surface area contributed by atoms with Gasteiger partial charge in [0.1, 0.15) is 5.71 Å². The van der Waals surface area contributed by atoms with E-state index >= 15 is 0 Å². The summed E-state index contributed by atoms with van der Waals surface area (Å²) in [5.74, 6) is 0.185. The molecule has 0 spiro atoms. The van der Waals surface area contributed by atoms with Crippen LogP contribution < -0.4 is 22.5 Å². The third-order valence-corrected chi connectivity index (χ3v) is 3.65. The van der Waals surface area contributed by atoms with Crippen LogP contribution in [0.2, 0.25) is 0 Å². The Bertz CT molecular complexity index is 720. The fourth-order valence-corrected chi connectivity index (χ4v) is 2.46. The summed E-state index contributed by atoms with van der Waals surface area (Å²) in [5.41, 5.74) is 20.3. The van der Waals surface area contributed by atoms with Crippen molar-refractivity contribution in [2.24, 2.45) is 27.4 Å². The molecule has 0 saturated carbocycles. The number of nitrogens with two attached hydrogens (primary N) is 3. The van der Waals surface area contributed by atoms with Crippen molar-refractivity contribution in [2.75, 3.05) is 0 Å². The molecule has 0 amide bonds. The van der Waals surface area contributed by atoms with Gasteiger partial charge in [-0.3, -0.25) is 5.73 Å². The van der Waals surface area contributed by atoms with Gasteiger partial charge in [-0.25, -0.2) is 0 Å². The molecule has 1 aliphatic heterocycles. The van der Waals surface area contributed by atoms with Crippen molar-refractivity contribution in [3.63, 3.8) is 0 Å². The summed E-state index contributed by atoms with van der Waals surface area (Å²) in [6.07, 6.45) is 0. The Labute approximate surface area is 128 Å². The van der Waals surface area contributed by atoms with E-state index in [2.05, 4.69) is 15.5 Å². The van der Waals surface area contributed by atoms with Gasteiger partial charge in [0, 0.05) is 12.1 Å². The van der Waals surface area contributed by atoms with Crippen molar-refractivity contribution in [2.45, 2.75) is 12.2 Å². The molecule has 0 aliphatic carbocycles. The zero-order valence-corrected chi connectivity index (χ0v) is 12.0. The van der Waals surface area contributed by atoms with Crippen LogP contribution in [0.5, 0.6) is 0 Å². The van der Waals surface area contributed by atoms with Crippen molar-refractivity contribution in [1.29, 1.82) is 0 Å². The first kappa shape index (κ1) is 14.2. The van der Waals surface area contributed by atoms with Gasteiger partial charge in [0.25, 0.3) is 0 Å². The Kier molecular flexibility index (Phi) is 3.62. The molecule has 1 aliphatic rings. The summed E-state index contributed by atoms with van der Waals surface area (Å²) in [6, 6.07) is 17.4. The second-order valence-electron chi connectivity index (χ2n) is 5.13. The first-order chi connectivity index (χ1) is 10.6. The van der Waals surface area contributed by atoms with Gasteiger partial charge in [-0.05, 0) is 11.1 Å². The molecule has 1 heterocycles. The Morgan fingerprint density at radius 1 is 0.955 bits per heavy atom. The zero-order valence-electron chi connectivity index (χ0n) is 12.0. The van der Waals surface area contributed by atoms with Gasteiger partial charge in [-0.1, -0.05) is 54.6 Å². The smallest absolute Gasteiger partial charge is 0.215 e. The minimum Gasteiger partial charge on any atom is -0.368 e. The van der Waals surface area contributed by atoms with E-state index < -0.39 is 5.66 Å². The molecule has 1 unspecified atom stereocenters. The minimum atomic E-state index is -1.04. The topological polar surface area (TPSA) is 115 Å². The second-order valence-corrected chi connectivity index (χ2v) is 5.13. The van der Waals surface area contributed by atoms with Crippen LogP contribution in [-0.4, -0.2) is 11.7 Å². The molecular formula is C16H18N6. The molecule has 3 rings (SSSR count). The highest BCUT2D eigenvalue weighted by atomic mass is 15.4. The number of guanidine groups is 1. The van der Waals surface area contributed by atoms with Crippen LogP contribution in [0, 0.1) is 0 Å². The maximum absolute atomic E-state index is 6.60. The molecule has 1 atom stereocenters. The van der Waals surface area contributed by atoms with Gasteiger partial charge in [-0.2, -0.15) is 0 Å². The fraction of sp³-hybridized carbons (Fsp3) is 0.125. The van der Waals surface area contributed by atoms with Crippen LogP contribution in [0.4, 0.5) is 0 Å². The first-order valence-corrected chi connectivity index (χ1v) is 6.97. The third-order valence-electron chi connectivity index (χ3n) is 3.65. The normalized spacial score (nSPS) is 20.8. The standard InChI is InChI=1S/C16H18N6/c17-10-11-6-8-13(9-7-11)16(19)14(21-22-15(18)20-16)12-4-2-1-3-5-12/h1-9H,10,17,19H2,(H3,18,20,22). The maximum atomic E-state index is 6.60. The second kappa shape index (κ2) is 5.59. The third kappa shape index (κ3) is 2.45. The summed E-state index contributed by atoms with van der Waals surface area (Å²) in [7, 11) is 0. The van der Waals surface area contributed by atoms with Crippen molar-refractivity contribution >= 4 is 11.7 Å². The van der Waals surface area contributed by atoms with Crippen LogP contribution in [0.3, 0.4) is 0 Å². The molecule has 0 saturated heterocycles. The van der Waals surface area contributed by atoms with Crippen LogP contribution in [0.1, 0.15) is 16.7 Å². The fourth-order valence-electron chi connectivity index (χ4n) is 2.46. The zero-order chi connectivity index (χ0) is 15.6. The van der Waals surface area contributed by atoms with Gasteiger partial charge in [0.15, 0.2) is 5.66 Å². The summed E-state index contributed by atoms with van der Waals surface area (Å²) in [4.78, 5) is 0. The molecule has 6 heteroatoms. The predicted octanol–water partition coefficient (Wildman–Crippen LogP) is 0.579. The molecule has 112 valence electrons. The Hall–Kier alpha value is -2.70. The van der Waals surface area contributed by atoms with Crippen molar-refractivity contribution < 1.29 is 0 Å². The monoisotopic (exact) mass is 294 g/mol. The van der Waals surface area contributed by atoms with Crippen LogP contribution in [0.15, 0.2) is 64.8 Å². The molecule has 2 aromatic rings. The highest BCUT2D eigenvalue weighted by molar-refractivity contribution is 6.10. The van der Waals surface area contributed by atoms with E-state index in [0.29, 0.717) is 12.3 Å². The lowest BCUT2D eigenvalue weighted by Gasteiger charge is -2.34. The van der Waals surface area contributed by atoms with E-state index in [1.165, 1.54) is 0 Å². The maximum Gasteiger partial charge on any atom is 0.215 e. The van der Waals surface area contributed by atoms with E-state index in [-0.39, 0.29) is 5.96 Å². The number of hydrogen-bond acceptors (Lipinski definition) is 6. The summed E-state index contributed by atoms with van der Waals surface area (Å²) in [5, 5.41) is 11.2. The van der Waals surface area contributed by atoms with Gasteiger partial charge in [0.2, 0.25) is 5.96 Å². The van der Waals surface area contributed by atoms with Crippen molar-refractivity contribution in [3.05, 3.63) is 71.3 Å². The Morgan fingerprint density at radius 3 is 2.27 bits per heavy atom. The molecule has 0 aromatic heterocycles. The summed E-state index contributed by atoms with van der Waals surface area (Å²) >= 11 is 0. The van der Waals surface area contributed by atoms with Crippen LogP contribution in [0.25, 0.3) is 0 Å². The number of nitrogens with zero attached hydrogens (tertiary/aromatic N) is 2. The largest absolute Gasteiger partial charge is 0.368 e. The first-order valence-electron chi connectivity index (χ1n) is 6.97. The average molecular weight is 294 g/mol. The molecule has 7 N–H and O–H groups in total. The highest BCUT2D eigenvalue weighted by Crippen LogP contribution is 2.24. The van der Waals surface area contributed by atoms with Crippen LogP contribution >= 0.6 is 0 Å². The highest BCUT2D eigenvalue weighted by Gasteiger charge is 2.37. The van der Waals surface area contributed by atoms with Crippen molar-refractivity contribution in [1.82, 2.24) is 5.32 Å². The predicted molar refractivity (Wildman–Crippen MR) is 87.9 cm³/mol. The summed E-state index contributed by atoms with van der Waals surface area (Å²) < 4.78 is 0. The molecule has 0 fully saturated rings. The number of rotatable bonds is 3. The lowest BCUT2D eigenvalue weighted by atomic mass is 9.89. The molecule has 2 aromatic carbocycles. The SMILES string of the molecule is NCc1ccc(C2(N)NC(N)=NN=C2c2ccccc2)cc1. The molecular weight excluding hydrogens is 276 g/mol. The van der Waals surface area contributed by atoms with E-state index in [0.717, 1.165) is 16.7 Å². The summed E-state index contributed by atoms with van der Waals surface area (Å²) in [6.45, 7) is 0.481. The van der Waals surface area contributed by atoms with E-state index in [4.69, 9.17) is 17.2 Å². The lowest BCUT2D eigenvalue weighted by molar-refractivity contribution is 0.545. The van der Waals surface area contributed by atoms with Gasteiger partial charge >= 0.3 is 0 Å².